The van der Waals surface area contributed by atoms with Gasteiger partial charge in [0.2, 0.25) is 0 Å². The van der Waals surface area contributed by atoms with Crippen molar-refractivity contribution in [2.45, 2.75) is 31.8 Å². The molecule has 1 aromatic heterocycles. The fraction of sp³-hybridized carbons (Fsp3) is 0.273. The quantitative estimate of drug-likeness (QED) is 0.714. The molecule has 26 heavy (non-hydrogen) atoms. The molecule has 1 heterocycles. The van der Waals surface area contributed by atoms with Crippen molar-refractivity contribution in [3.8, 4) is 0 Å². The molecule has 3 aromatic rings. The SMILES string of the molecule is CN(C(=O)c1cccc(Cn2cccn2)c1)[C@@H]1CCCc2ccccc21. The second-order valence-electron chi connectivity index (χ2n) is 6.93. The number of rotatable bonds is 4. The average Bonchev–Trinajstić information content (AvgIpc) is 3.19. The van der Waals surface area contributed by atoms with Gasteiger partial charge < -0.3 is 4.90 Å². The Labute approximate surface area is 154 Å². The minimum atomic E-state index is 0.0778. The molecule has 0 N–H and O–H groups in total. The van der Waals surface area contributed by atoms with Crippen LogP contribution < -0.4 is 0 Å². The van der Waals surface area contributed by atoms with E-state index in [1.165, 1.54) is 11.1 Å². The van der Waals surface area contributed by atoms with E-state index in [0.29, 0.717) is 6.54 Å². The van der Waals surface area contributed by atoms with Gasteiger partial charge in [0.15, 0.2) is 0 Å². The lowest BCUT2D eigenvalue weighted by molar-refractivity contribution is 0.0715. The summed E-state index contributed by atoms with van der Waals surface area (Å²) in [5.74, 6) is 0.0778. The van der Waals surface area contributed by atoms with E-state index >= 15 is 0 Å². The number of fused-ring (bicyclic) bond motifs is 1. The number of aryl methyl sites for hydroxylation is 1. The molecule has 0 saturated heterocycles. The average molecular weight is 345 g/mol. The van der Waals surface area contributed by atoms with Crippen LogP contribution in [0.25, 0.3) is 0 Å². The zero-order valence-electron chi connectivity index (χ0n) is 15.0. The van der Waals surface area contributed by atoms with Gasteiger partial charge in [0.1, 0.15) is 0 Å². The Bertz CT molecular complexity index is 901. The number of benzene rings is 2. The van der Waals surface area contributed by atoms with Gasteiger partial charge >= 0.3 is 0 Å². The molecule has 1 aliphatic carbocycles. The maximum Gasteiger partial charge on any atom is 0.254 e. The van der Waals surface area contributed by atoms with E-state index in [0.717, 1.165) is 30.4 Å². The maximum absolute atomic E-state index is 13.1. The van der Waals surface area contributed by atoms with Crippen LogP contribution in [-0.2, 0) is 13.0 Å². The van der Waals surface area contributed by atoms with Crippen LogP contribution in [0.2, 0.25) is 0 Å². The molecule has 1 amide bonds. The van der Waals surface area contributed by atoms with Crippen LogP contribution >= 0.6 is 0 Å². The predicted octanol–water partition coefficient (Wildman–Crippen LogP) is 4.08. The van der Waals surface area contributed by atoms with E-state index in [1.54, 1.807) is 6.20 Å². The lowest BCUT2D eigenvalue weighted by Crippen LogP contribution is -2.33. The Morgan fingerprint density at radius 3 is 2.92 bits per heavy atom. The molecular weight excluding hydrogens is 322 g/mol. The second kappa shape index (κ2) is 7.16. The summed E-state index contributed by atoms with van der Waals surface area (Å²) in [7, 11) is 1.93. The highest BCUT2D eigenvalue weighted by Crippen LogP contribution is 2.34. The number of amides is 1. The Morgan fingerprint density at radius 1 is 1.19 bits per heavy atom. The third-order valence-electron chi connectivity index (χ3n) is 5.20. The highest BCUT2D eigenvalue weighted by Gasteiger charge is 2.27. The second-order valence-corrected chi connectivity index (χ2v) is 6.93. The summed E-state index contributed by atoms with van der Waals surface area (Å²) in [6.07, 6.45) is 6.95. The molecule has 1 aliphatic rings. The first-order valence-electron chi connectivity index (χ1n) is 9.14. The Balaban J connectivity index is 1.56. The van der Waals surface area contributed by atoms with Crippen LogP contribution in [0.1, 0.15) is 45.9 Å². The molecule has 0 radical (unpaired) electrons. The molecule has 0 aliphatic heterocycles. The summed E-state index contributed by atoms with van der Waals surface area (Å²) in [6, 6.07) is 18.4. The van der Waals surface area contributed by atoms with E-state index in [1.807, 2.05) is 53.2 Å². The Kier molecular flexibility index (Phi) is 4.57. The fourth-order valence-electron chi connectivity index (χ4n) is 3.86. The third kappa shape index (κ3) is 3.27. The highest BCUT2D eigenvalue weighted by atomic mass is 16.2. The van der Waals surface area contributed by atoms with Crippen molar-refractivity contribution in [1.29, 1.82) is 0 Å². The monoisotopic (exact) mass is 345 g/mol. The number of carbonyl (C=O) groups excluding carboxylic acids is 1. The molecule has 0 fully saturated rings. The number of nitrogens with zero attached hydrogens (tertiary/aromatic N) is 3. The fourth-order valence-corrected chi connectivity index (χ4v) is 3.86. The molecule has 0 spiro atoms. The standard InChI is InChI=1S/C22H23N3O/c1-24(21-12-5-9-18-8-2-3-11-20(18)21)22(26)19-10-4-7-17(15-19)16-25-14-6-13-23-25/h2-4,6-8,10-11,13-15,21H,5,9,12,16H2,1H3/t21-/m1/s1. The van der Waals surface area contributed by atoms with E-state index in [9.17, 15) is 4.79 Å². The smallest absolute Gasteiger partial charge is 0.254 e. The first-order chi connectivity index (χ1) is 12.7. The van der Waals surface area contributed by atoms with Gasteiger partial charge in [-0.05, 0) is 54.2 Å². The van der Waals surface area contributed by atoms with Gasteiger partial charge in [0.25, 0.3) is 5.91 Å². The summed E-state index contributed by atoms with van der Waals surface area (Å²) in [5.41, 5.74) is 4.48. The predicted molar refractivity (Wildman–Crippen MR) is 102 cm³/mol. The van der Waals surface area contributed by atoms with Crippen LogP contribution in [0, 0.1) is 0 Å². The first kappa shape index (κ1) is 16.6. The van der Waals surface area contributed by atoms with Gasteiger partial charge in [-0.25, -0.2) is 0 Å². The van der Waals surface area contributed by atoms with Crippen molar-refractivity contribution >= 4 is 5.91 Å². The Hall–Kier alpha value is -2.88. The summed E-state index contributed by atoms with van der Waals surface area (Å²) >= 11 is 0. The van der Waals surface area contributed by atoms with E-state index in [4.69, 9.17) is 0 Å². The maximum atomic E-state index is 13.1. The summed E-state index contributed by atoms with van der Waals surface area (Å²) < 4.78 is 1.87. The number of aromatic nitrogens is 2. The molecular formula is C22H23N3O. The number of carbonyl (C=O) groups is 1. The van der Waals surface area contributed by atoms with E-state index in [2.05, 4.69) is 29.4 Å². The van der Waals surface area contributed by atoms with Gasteiger partial charge in [-0.2, -0.15) is 5.10 Å². The summed E-state index contributed by atoms with van der Waals surface area (Å²) in [4.78, 5) is 15.0. The zero-order chi connectivity index (χ0) is 17.9. The molecule has 4 heteroatoms. The minimum Gasteiger partial charge on any atom is -0.335 e. The highest BCUT2D eigenvalue weighted by molar-refractivity contribution is 5.94. The zero-order valence-corrected chi connectivity index (χ0v) is 15.0. The largest absolute Gasteiger partial charge is 0.335 e. The number of hydrogen-bond acceptors (Lipinski definition) is 2. The molecule has 0 saturated carbocycles. The Morgan fingerprint density at radius 2 is 2.08 bits per heavy atom. The summed E-state index contributed by atoms with van der Waals surface area (Å²) in [6.45, 7) is 0.671. The molecule has 0 bridgehead atoms. The normalized spacial score (nSPS) is 16.1. The van der Waals surface area contributed by atoms with Crippen LogP contribution in [-0.4, -0.2) is 27.6 Å². The van der Waals surface area contributed by atoms with Crippen LogP contribution in [0.5, 0.6) is 0 Å². The lowest BCUT2D eigenvalue weighted by atomic mass is 9.87. The van der Waals surface area contributed by atoms with Crippen molar-refractivity contribution in [1.82, 2.24) is 14.7 Å². The third-order valence-corrected chi connectivity index (χ3v) is 5.20. The van der Waals surface area contributed by atoms with Crippen LogP contribution in [0.3, 0.4) is 0 Å². The van der Waals surface area contributed by atoms with Gasteiger partial charge in [0, 0.05) is 25.0 Å². The van der Waals surface area contributed by atoms with Crippen molar-refractivity contribution in [3.63, 3.8) is 0 Å². The van der Waals surface area contributed by atoms with Crippen molar-refractivity contribution in [2.24, 2.45) is 0 Å². The first-order valence-corrected chi connectivity index (χ1v) is 9.14. The molecule has 4 nitrogen and oxygen atoms in total. The van der Waals surface area contributed by atoms with Crippen molar-refractivity contribution in [2.75, 3.05) is 7.05 Å². The van der Waals surface area contributed by atoms with Gasteiger partial charge in [-0.15, -0.1) is 0 Å². The van der Waals surface area contributed by atoms with E-state index in [-0.39, 0.29) is 11.9 Å². The summed E-state index contributed by atoms with van der Waals surface area (Å²) in [5, 5.41) is 4.24. The minimum absolute atomic E-state index is 0.0778. The van der Waals surface area contributed by atoms with Crippen molar-refractivity contribution < 1.29 is 4.79 Å². The van der Waals surface area contributed by atoms with Gasteiger partial charge in [-0.3, -0.25) is 9.48 Å². The molecule has 4 rings (SSSR count). The van der Waals surface area contributed by atoms with Gasteiger partial charge in [-0.1, -0.05) is 36.4 Å². The topological polar surface area (TPSA) is 38.1 Å². The van der Waals surface area contributed by atoms with Crippen LogP contribution in [0.4, 0.5) is 0 Å². The lowest BCUT2D eigenvalue weighted by Gasteiger charge is -2.33. The molecule has 2 aromatic carbocycles. The molecule has 132 valence electrons. The van der Waals surface area contributed by atoms with Crippen LogP contribution in [0.15, 0.2) is 67.0 Å². The van der Waals surface area contributed by atoms with E-state index < -0.39 is 0 Å². The number of hydrogen-bond donors (Lipinski definition) is 0. The molecule has 1 atom stereocenters. The molecule has 0 unspecified atom stereocenters. The van der Waals surface area contributed by atoms with Gasteiger partial charge in [0.05, 0.1) is 12.6 Å². The van der Waals surface area contributed by atoms with Crippen molar-refractivity contribution in [3.05, 3.63) is 89.2 Å².